The molecule has 1 saturated heterocycles. The van der Waals surface area contributed by atoms with Crippen molar-refractivity contribution >= 4 is 61.9 Å². The summed E-state index contributed by atoms with van der Waals surface area (Å²) in [5.41, 5.74) is 1.66. The number of imidazole rings is 1. The van der Waals surface area contributed by atoms with E-state index >= 15 is 0 Å². The van der Waals surface area contributed by atoms with Crippen molar-refractivity contribution in [3.05, 3.63) is 52.3 Å². The van der Waals surface area contributed by atoms with E-state index in [1.807, 2.05) is 28.8 Å². The Hall–Kier alpha value is -1.44. The molecule has 0 aliphatic carbocycles. The highest BCUT2D eigenvalue weighted by Gasteiger charge is 2.31. The maximum Gasteiger partial charge on any atom is 0.266 e. The van der Waals surface area contributed by atoms with Crippen molar-refractivity contribution in [2.45, 2.75) is 0 Å². The molecular weight excluding hydrogens is 370 g/mol. The van der Waals surface area contributed by atoms with E-state index in [0.29, 0.717) is 15.8 Å². The van der Waals surface area contributed by atoms with Crippen LogP contribution in [-0.2, 0) is 4.79 Å². The molecule has 0 spiro atoms. The number of hydrogen-bond acceptors (Lipinski definition) is 4. The second-order valence-corrected chi connectivity index (χ2v) is 6.93. The Balaban J connectivity index is 2.01. The van der Waals surface area contributed by atoms with Crippen molar-refractivity contribution in [1.82, 2.24) is 14.3 Å². The van der Waals surface area contributed by atoms with Crippen LogP contribution in [0.5, 0.6) is 0 Å². The number of carbonyl (C=O) groups excluding carboxylic acids is 1. The number of thioether (sulfide) groups is 1. The minimum Gasteiger partial charge on any atom is -0.299 e. The Bertz CT molecular complexity index is 797. The summed E-state index contributed by atoms with van der Waals surface area (Å²) in [6.07, 6.45) is 7.13. The van der Waals surface area contributed by atoms with Gasteiger partial charge in [-0.2, -0.15) is 0 Å². The minimum atomic E-state index is -0.0881. The molecule has 7 heteroatoms. The summed E-state index contributed by atoms with van der Waals surface area (Å²) in [6.45, 7) is 4.07. The zero-order valence-electron chi connectivity index (χ0n) is 10.8. The van der Waals surface area contributed by atoms with Gasteiger partial charge in [0.2, 0.25) is 0 Å². The molecule has 4 nitrogen and oxygen atoms in total. The molecule has 2 aromatic heterocycles. The molecular formula is C14H10BrN3OS2. The zero-order chi connectivity index (χ0) is 15.0. The molecule has 3 heterocycles. The molecule has 0 atom stereocenters. The molecule has 2 aromatic rings. The first-order chi connectivity index (χ1) is 10.1. The third-order valence-electron chi connectivity index (χ3n) is 2.96. The van der Waals surface area contributed by atoms with Gasteiger partial charge in [-0.1, -0.05) is 30.1 Å². The fourth-order valence-electron chi connectivity index (χ4n) is 2.00. The molecule has 3 rings (SSSR count). The number of hydrogen-bond donors (Lipinski definition) is 0. The molecule has 1 aliphatic rings. The average Bonchev–Trinajstić information content (AvgIpc) is 2.96. The van der Waals surface area contributed by atoms with Crippen molar-refractivity contribution in [3.8, 4) is 0 Å². The topological polar surface area (TPSA) is 37.6 Å². The van der Waals surface area contributed by atoms with E-state index < -0.39 is 0 Å². The predicted octanol–water partition coefficient (Wildman–Crippen LogP) is 3.48. The minimum absolute atomic E-state index is 0.0881. The molecule has 0 aromatic carbocycles. The second kappa shape index (κ2) is 5.75. The molecule has 106 valence electrons. The number of amides is 1. The van der Waals surface area contributed by atoms with Crippen LogP contribution in [0.25, 0.3) is 11.7 Å². The number of aromatic nitrogens is 2. The first kappa shape index (κ1) is 14.5. The maximum atomic E-state index is 12.3. The van der Waals surface area contributed by atoms with Gasteiger partial charge in [0.25, 0.3) is 5.91 Å². The molecule has 1 aliphatic heterocycles. The van der Waals surface area contributed by atoms with E-state index in [-0.39, 0.29) is 5.91 Å². The van der Waals surface area contributed by atoms with Crippen LogP contribution in [0, 0.1) is 0 Å². The Morgan fingerprint density at radius 3 is 3.05 bits per heavy atom. The molecule has 0 radical (unpaired) electrons. The predicted molar refractivity (Wildman–Crippen MR) is 93.0 cm³/mol. The summed E-state index contributed by atoms with van der Waals surface area (Å²) in [6, 6.07) is 3.83. The number of rotatable bonds is 3. The number of carbonyl (C=O) groups is 1. The van der Waals surface area contributed by atoms with Crippen molar-refractivity contribution in [2.75, 3.05) is 6.54 Å². The number of halogens is 1. The average molecular weight is 380 g/mol. The van der Waals surface area contributed by atoms with Gasteiger partial charge in [-0.15, -0.1) is 6.58 Å². The largest absolute Gasteiger partial charge is 0.299 e. The highest BCUT2D eigenvalue weighted by Crippen LogP contribution is 2.32. The summed E-state index contributed by atoms with van der Waals surface area (Å²) >= 11 is 9.96. The molecule has 0 bridgehead atoms. The van der Waals surface area contributed by atoms with Gasteiger partial charge in [-0.3, -0.25) is 14.1 Å². The highest BCUT2D eigenvalue weighted by molar-refractivity contribution is 9.10. The number of fused-ring (bicyclic) bond motifs is 1. The van der Waals surface area contributed by atoms with E-state index in [9.17, 15) is 4.79 Å². The first-order valence-corrected chi connectivity index (χ1v) is 8.11. The molecule has 21 heavy (non-hydrogen) atoms. The van der Waals surface area contributed by atoms with Crippen LogP contribution >= 0.6 is 39.9 Å². The first-order valence-electron chi connectivity index (χ1n) is 6.09. The lowest BCUT2D eigenvalue weighted by Gasteiger charge is -2.10. The quantitative estimate of drug-likeness (QED) is 0.464. The molecule has 0 N–H and O–H groups in total. The number of pyridine rings is 1. The van der Waals surface area contributed by atoms with Crippen LogP contribution in [0.4, 0.5) is 0 Å². The standard InChI is InChI=1S/C14H10BrN3OS2/c1-2-5-17-13(19)11(21-14(17)20)6-10-7-16-12-4-3-9(15)8-18(10)12/h2-4,6-8H,1,5H2. The summed E-state index contributed by atoms with van der Waals surface area (Å²) < 4.78 is 3.42. The molecule has 0 saturated carbocycles. The van der Waals surface area contributed by atoms with E-state index in [1.165, 1.54) is 16.7 Å². The van der Waals surface area contributed by atoms with Crippen LogP contribution in [0.15, 0.2) is 46.6 Å². The Kier molecular flexibility index (Phi) is 3.97. The molecule has 0 unspecified atom stereocenters. The lowest BCUT2D eigenvalue weighted by atomic mass is 10.3. The summed E-state index contributed by atoms with van der Waals surface area (Å²) in [5, 5.41) is 0. The monoisotopic (exact) mass is 379 g/mol. The van der Waals surface area contributed by atoms with E-state index in [0.717, 1.165) is 15.8 Å². The van der Waals surface area contributed by atoms with Crippen LogP contribution < -0.4 is 0 Å². The van der Waals surface area contributed by atoms with Gasteiger partial charge in [0.1, 0.15) is 9.97 Å². The fraction of sp³-hybridized carbons (Fsp3) is 0.0714. The van der Waals surface area contributed by atoms with Crippen LogP contribution in [0.2, 0.25) is 0 Å². The zero-order valence-corrected chi connectivity index (χ0v) is 14.0. The van der Waals surface area contributed by atoms with Gasteiger partial charge in [-0.25, -0.2) is 4.98 Å². The SMILES string of the molecule is C=CCN1C(=O)C(=Cc2cnc3ccc(Br)cn23)SC1=S. The van der Waals surface area contributed by atoms with Gasteiger partial charge in [0.05, 0.1) is 16.8 Å². The van der Waals surface area contributed by atoms with Gasteiger partial charge in [0, 0.05) is 17.2 Å². The normalized spacial score (nSPS) is 17.2. The van der Waals surface area contributed by atoms with Gasteiger partial charge in [0.15, 0.2) is 0 Å². The third-order valence-corrected chi connectivity index (χ3v) is 4.81. The highest BCUT2D eigenvalue weighted by atomic mass is 79.9. The number of nitrogens with zero attached hydrogens (tertiary/aromatic N) is 3. The third kappa shape index (κ3) is 2.68. The lowest BCUT2D eigenvalue weighted by molar-refractivity contribution is -0.121. The van der Waals surface area contributed by atoms with Crippen molar-refractivity contribution in [2.24, 2.45) is 0 Å². The van der Waals surface area contributed by atoms with Gasteiger partial charge < -0.3 is 0 Å². The Morgan fingerprint density at radius 1 is 1.48 bits per heavy atom. The maximum absolute atomic E-state index is 12.3. The van der Waals surface area contributed by atoms with Crippen molar-refractivity contribution < 1.29 is 4.79 Å². The summed E-state index contributed by atoms with van der Waals surface area (Å²) in [7, 11) is 0. The van der Waals surface area contributed by atoms with E-state index in [1.54, 1.807) is 12.3 Å². The Morgan fingerprint density at radius 2 is 2.29 bits per heavy atom. The van der Waals surface area contributed by atoms with Gasteiger partial charge in [-0.05, 0) is 34.1 Å². The molecule has 1 amide bonds. The number of thiocarbonyl (C=S) groups is 1. The van der Waals surface area contributed by atoms with Crippen molar-refractivity contribution in [1.29, 1.82) is 0 Å². The van der Waals surface area contributed by atoms with Crippen LogP contribution in [0.1, 0.15) is 5.69 Å². The fourth-order valence-corrected chi connectivity index (χ4v) is 3.60. The van der Waals surface area contributed by atoms with E-state index in [2.05, 4.69) is 27.5 Å². The summed E-state index contributed by atoms with van der Waals surface area (Å²) in [5.74, 6) is -0.0881. The van der Waals surface area contributed by atoms with E-state index in [4.69, 9.17) is 12.2 Å². The second-order valence-electron chi connectivity index (χ2n) is 4.34. The van der Waals surface area contributed by atoms with Crippen LogP contribution in [-0.4, -0.2) is 31.1 Å². The molecule has 1 fully saturated rings. The Labute approximate surface area is 139 Å². The van der Waals surface area contributed by atoms with Gasteiger partial charge >= 0.3 is 0 Å². The van der Waals surface area contributed by atoms with Crippen molar-refractivity contribution in [3.63, 3.8) is 0 Å². The van der Waals surface area contributed by atoms with Crippen LogP contribution in [0.3, 0.4) is 0 Å². The smallest absolute Gasteiger partial charge is 0.266 e. The lowest BCUT2D eigenvalue weighted by Crippen LogP contribution is -2.27. The summed E-state index contributed by atoms with van der Waals surface area (Å²) in [4.78, 5) is 18.8.